The van der Waals surface area contributed by atoms with Gasteiger partial charge in [-0.2, -0.15) is 0 Å². The number of rotatable bonds is 8. The van der Waals surface area contributed by atoms with Crippen molar-refractivity contribution < 1.29 is 57.1 Å². The number of ether oxygens (including phenoxy) is 1. The van der Waals surface area contributed by atoms with Crippen LogP contribution in [0.4, 0.5) is 5.82 Å². The van der Waals surface area contributed by atoms with Crippen LogP contribution in [0.5, 0.6) is 0 Å². The molecular formula is C10H13N6O12P3-4. The highest BCUT2D eigenvalue weighted by atomic mass is 31.3. The molecule has 0 aliphatic carbocycles. The smallest absolute Gasteiger partial charge is 0.273 e. The van der Waals surface area contributed by atoms with E-state index in [1.807, 2.05) is 0 Å². The lowest BCUT2D eigenvalue weighted by molar-refractivity contribution is -0.317. The van der Waals surface area contributed by atoms with Gasteiger partial charge in [0.2, 0.25) is 7.75 Å². The lowest BCUT2D eigenvalue weighted by Gasteiger charge is -2.39. The predicted octanol–water partition coefficient (Wildman–Crippen LogP) is -4.58. The van der Waals surface area contributed by atoms with Crippen LogP contribution < -0.4 is 30.2 Å². The Morgan fingerprint density at radius 2 is 1.84 bits per heavy atom. The van der Waals surface area contributed by atoms with Gasteiger partial charge in [-0.05, 0) is 0 Å². The first kappa shape index (κ1) is 24.3. The van der Waals surface area contributed by atoms with Crippen molar-refractivity contribution in [1.82, 2.24) is 24.4 Å². The van der Waals surface area contributed by atoms with Crippen LogP contribution in [0.1, 0.15) is 6.23 Å². The number of phosphoric ester groups is 1. The fraction of sp³-hybridized carbons (Fsp3) is 0.500. The first-order chi connectivity index (χ1) is 14.2. The van der Waals surface area contributed by atoms with Crippen molar-refractivity contribution in [2.45, 2.75) is 24.5 Å². The third-order valence-electron chi connectivity index (χ3n) is 3.85. The van der Waals surface area contributed by atoms with Gasteiger partial charge in [0.1, 0.15) is 30.2 Å². The van der Waals surface area contributed by atoms with Gasteiger partial charge < -0.3 is 49.3 Å². The molecule has 174 valence electrons. The highest BCUT2D eigenvalue weighted by Gasteiger charge is 2.45. The Hall–Kier alpha value is -1.36. The number of nitrogens with one attached hydrogen (secondary N) is 1. The van der Waals surface area contributed by atoms with E-state index in [1.165, 1.54) is 10.9 Å². The van der Waals surface area contributed by atoms with Crippen molar-refractivity contribution in [3.05, 3.63) is 12.7 Å². The van der Waals surface area contributed by atoms with Gasteiger partial charge in [-0.3, -0.25) is 18.0 Å². The number of imidazole rings is 1. The van der Waals surface area contributed by atoms with Crippen molar-refractivity contribution in [3.63, 3.8) is 0 Å². The van der Waals surface area contributed by atoms with E-state index in [2.05, 4.69) is 23.8 Å². The van der Waals surface area contributed by atoms with Crippen LogP contribution in [-0.4, -0.2) is 54.7 Å². The zero-order chi connectivity index (χ0) is 23.2. The average molecular weight is 502 g/mol. The third kappa shape index (κ3) is 5.71. The minimum atomic E-state index is -5.89. The van der Waals surface area contributed by atoms with E-state index in [4.69, 9.17) is 10.5 Å². The largest absolute Gasteiger partial charge is 0.799 e. The van der Waals surface area contributed by atoms with Gasteiger partial charge in [-0.1, -0.05) is 0 Å². The molecule has 31 heavy (non-hydrogen) atoms. The van der Waals surface area contributed by atoms with Gasteiger partial charge in [-0.15, -0.1) is 0 Å². The summed E-state index contributed by atoms with van der Waals surface area (Å²) in [6, 6.07) is 0. The molecule has 0 saturated carbocycles. The first-order valence-electron chi connectivity index (χ1n) is 7.93. The summed E-state index contributed by atoms with van der Waals surface area (Å²) in [5, 5.41) is 20.3. The number of phosphoric acid groups is 1. The maximum absolute atomic E-state index is 11.6. The summed E-state index contributed by atoms with van der Waals surface area (Å²) in [5.41, 5.74) is 5.94. The Balaban J connectivity index is 1.69. The molecule has 18 nitrogen and oxygen atoms in total. The second-order valence-corrected chi connectivity index (χ2v) is 10.6. The van der Waals surface area contributed by atoms with Crippen LogP contribution in [-0.2, 0) is 27.3 Å². The van der Waals surface area contributed by atoms with E-state index < -0.39 is 54.5 Å². The molecule has 0 bridgehead atoms. The fourth-order valence-corrected chi connectivity index (χ4v) is 5.89. The summed E-state index contributed by atoms with van der Waals surface area (Å²) in [4.78, 5) is 55.8. The lowest BCUT2D eigenvalue weighted by Crippen LogP contribution is -2.34. The van der Waals surface area contributed by atoms with E-state index in [-0.39, 0.29) is 17.0 Å². The Kier molecular flexibility index (Phi) is 6.68. The van der Waals surface area contributed by atoms with Crippen molar-refractivity contribution in [1.29, 1.82) is 0 Å². The van der Waals surface area contributed by atoms with E-state index in [0.717, 1.165) is 6.33 Å². The molecule has 1 aliphatic rings. The minimum Gasteiger partial charge on any atom is -0.799 e. The van der Waals surface area contributed by atoms with E-state index in [1.54, 1.807) is 0 Å². The van der Waals surface area contributed by atoms with Gasteiger partial charge in [0.15, 0.2) is 17.7 Å². The van der Waals surface area contributed by atoms with Gasteiger partial charge in [0, 0.05) is 7.75 Å². The fourth-order valence-electron chi connectivity index (χ4n) is 2.64. The number of hydrogen-bond donors (Lipinski definition) is 4. The molecule has 0 radical (unpaired) electrons. The highest BCUT2D eigenvalue weighted by molar-refractivity contribution is 7.68. The summed E-state index contributed by atoms with van der Waals surface area (Å²) >= 11 is 0. The molecule has 3 rings (SSSR count). The molecular weight excluding hydrogens is 489 g/mol. The Morgan fingerprint density at radius 1 is 1.16 bits per heavy atom. The summed E-state index contributed by atoms with van der Waals surface area (Å²) in [7, 11) is -17.5. The van der Waals surface area contributed by atoms with Crippen LogP contribution in [0.3, 0.4) is 0 Å². The van der Waals surface area contributed by atoms with Gasteiger partial charge in [-0.25, -0.2) is 19.8 Å². The summed E-state index contributed by atoms with van der Waals surface area (Å²) in [6.07, 6.45) is -3.92. The van der Waals surface area contributed by atoms with Crippen LogP contribution in [0.2, 0.25) is 0 Å². The number of nitrogens with zero attached hydrogens (tertiary/aromatic N) is 4. The number of anilines is 1. The molecule has 0 spiro atoms. The molecule has 5 N–H and O–H groups in total. The highest BCUT2D eigenvalue weighted by Crippen LogP contribution is 2.55. The molecule has 3 heterocycles. The molecule has 21 heteroatoms. The third-order valence-corrected chi connectivity index (χ3v) is 7.93. The van der Waals surface area contributed by atoms with Crippen molar-refractivity contribution in [2.75, 3.05) is 12.3 Å². The van der Waals surface area contributed by atoms with Gasteiger partial charge in [0.05, 0.1) is 12.9 Å². The SMILES string of the molecule is Nc1ncnc2c1ncn2[C@@H]1O[C@H](COP(=O)([O-])OP(=O)([O-])NP(=O)([O-])[O-])[C@@H](O)[C@H]1O. The summed E-state index contributed by atoms with van der Waals surface area (Å²) < 4.78 is 47.6. The Labute approximate surface area is 172 Å². The van der Waals surface area contributed by atoms with E-state index >= 15 is 0 Å². The Bertz CT molecular complexity index is 1110. The average Bonchev–Trinajstić information content (AvgIpc) is 3.13. The predicted molar refractivity (Wildman–Crippen MR) is 88.7 cm³/mol. The van der Waals surface area contributed by atoms with Crippen molar-refractivity contribution in [2.24, 2.45) is 0 Å². The quantitative estimate of drug-likeness (QED) is 0.247. The standard InChI is InChI=1S/C10H17N6O12P3/c11-8-5-9(13-2-12-8)16(3-14-5)10-7(18)6(17)4(27-10)1-26-31(24,25)28-30(22,23)15-29(19,20)21/h2-4,6-7,10,17-18H,1H2,(H,24,25)(H2,11,12,13)(H4,15,19,20,21,22,23)/p-4/t4-,6-,7-,10-/m1/s1. The summed E-state index contributed by atoms with van der Waals surface area (Å²) in [6.45, 7) is -1.05. The second-order valence-electron chi connectivity index (χ2n) is 6.05. The van der Waals surface area contributed by atoms with Crippen molar-refractivity contribution >= 4 is 40.3 Å². The maximum atomic E-state index is 11.6. The lowest BCUT2D eigenvalue weighted by atomic mass is 10.1. The maximum Gasteiger partial charge on any atom is 0.273 e. The first-order valence-corrected chi connectivity index (χ1v) is 12.5. The zero-order valence-corrected chi connectivity index (χ0v) is 17.5. The van der Waals surface area contributed by atoms with Gasteiger partial charge >= 0.3 is 0 Å². The number of aliphatic hydroxyl groups is 2. The number of fused-ring (bicyclic) bond motifs is 1. The van der Waals surface area contributed by atoms with E-state index in [0.29, 0.717) is 4.86 Å². The normalized spacial score (nSPS) is 28.5. The molecule has 1 aliphatic heterocycles. The second kappa shape index (κ2) is 8.53. The van der Waals surface area contributed by atoms with Crippen LogP contribution in [0, 0.1) is 0 Å². The number of nitrogens with two attached hydrogens (primary N) is 1. The number of aliphatic hydroxyl groups excluding tert-OH is 2. The topological polar surface area (TPSA) is 293 Å². The minimum absolute atomic E-state index is 0.0254. The molecule has 2 unspecified atom stereocenters. The zero-order valence-electron chi connectivity index (χ0n) is 14.9. The number of nitrogen functional groups attached to an aromatic ring is 1. The molecule has 2 aromatic heterocycles. The number of aromatic nitrogens is 4. The Morgan fingerprint density at radius 3 is 2.48 bits per heavy atom. The molecule has 1 saturated heterocycles. The van der Waals surface area contributed by atoms with Crippen LogP contribution >= 0.6 is 23.3 Å². The molecule has 6 atom stereocenters. The number of hydrogen-bond acceptors (Lipinski definition) is 16. The van der Waals surface area contributed by atoms with E-state index in [9.17, 15) is 43.5 Å². The van der Waals surface area contributed by atoms with Crippen molar-refractivity contribution in [3.8, 4) is 0 Å². The van der Waals surface area contributed by atoms with Gasteiger partial charge in [0.25, 0.3) is 7.82 Å². The molecule has 2 aromatic rings. The molecule has 1 fully saturated rings. The summed E-state index contributed by atoms with van der Waals surface area (Å²) in [5.74, 6) is 0.0254. The van der Waals surface area contributed by atoms with Crippen LogP contribution in [0.25, 0.3) is 11.2 Å². The molecule has 0 amide bonds. The van der Waals surface area contributed by atoms with Crippen LogP contribution in [0.15, 0.2) is 12.7 Å². The molecule has 0 aromatic carbocycles. The monoisotopic (exact) mass is 502 g/mol.